The molecule has 1 aromatic rings. The third-order valence-electron chi connectivity index (χ3n) is 1.96. The molecule has 0 fully saturated rings. The highest BCUT2D eigenvalue weighted by Crippen LogP contribution is 2.00. The standard InChI is InChI=1S/C9H17N3O3/c1-8-10-9(11-15-8)7-12(3-5-13)4-6-14-2/h13H,3-7H2,1-2H3. The summed E-state index contributed by atoms with van der Waals surface area (Å²) < 4.78 is 9.84. The van der Waals surface area contributed by atoms with Gasteiger partial charge in [-0.25, -0.2) is 0 Å². The monoisotopic (exact) mass is 215 g/mol. The van der Waals surface area contributed by atoms with E-state index in [2.05, 4.69) is 10.1 Å². The Balaban J connectivity index is 2.42. The molecule has 0 aromatic carbocycles. The highest BCUT2D eigenvalue weighted by molar-refractivity contribution is 4.83. The molecule has 86 valence electrons. The molecular weight excluding hydrogens is 198 g/mol. The zero-order valence-corrected chi connectivity index (χ0v) is 9.14. The third-order valence-corrected chi connectivity index (χ3v) is 1.96. The van der Waals surface area contributed by atoms with Gasteiger partial charge in [-0.15, -0.1) is 0 Å². The Kier molecular flexibility index (Phi) is 5.23. The zero-order chi connectivity index (χ0) is 11.1. The Morgan fingerprint density at radius 2 is 2.27 bits per heavy atom. The lowest BCUT2D eigenvalue weighted by atomic mass is 10.4. The summed E-state index contributed by atoms with van der Waals surface area (Å²) in [6.45, 7) is 4.38. The van der Waals surface area contributed by atoms with Crippen LogP contribution in [-0.4, -0.2) is 53.6 Å². The highest BCUT2D eigenvalue weighted by atomic mass is 16.5. The lowest BCUT2D eigenvalue weighted by molar-refractivity contribution is 0.124. The molecule has 0 amide bonds. The normalized spacial score (nSPS) is 11.2. The number of aromatic nitrogens is 2. The second-order valence-corrected chi connectivity index (χ2v) is 3.22. The summed E-state index contributed by atoms with van der Waals surface area (Å²) in [6, 6.07) is 0. The molecule has 6 heteroatoms. The van der Waals surface area contributed by atoms with Crippen LogP contribution in [0.25, 0.3) is 0 Å². The molecular formula is C9H17N3O3. The van der Waals surface area contributed by atoms with Gasteiger partial charge in [0, 0.05) is 27.1 Å². The summed E-state index contributed by atoms with van der Waals surface area (Å²) in [5, 5.41) is 12.7. The summed E-state index contributed by atoms with van der Waals surface area (Å²) in [5.41, 5.74) is 0. The maximum atomic E-state index is 8.87. The van der Waals surface area contributed by atoms with Crippen molar-refractivity contribution in [2.24, 2.45) is 0 Å². The van der Waals surface area contributed by atoms with Gasteiger partial charge in [0.25, 0.3) is 0 Å². The Bertz CT molecular complexity index is 277. The first-order valence-electron chi connectivity index (χ1n) is 4.87. The predicted molar refractivity (Wildman–Crippen MR) is 53.3 cm³/mol. The van der Waals surface area contributed by atoms with Crippen molar-refractivity contribution in [1.29, 1.82) is 0 Å². The molecule has 0 atom stereocenters. The van der Waals surface area contributed by atoms with Crippen molar-refractivity contribution in [2.45, 2.75) is 13.5 Å². The molecule has 0 spiro atoms. The lowest BCUT2D eigenvalue weighted by Crippen LogP contribution is -2.30. The SMILES string of the molecule is COCCN(CCO)Cc1noc(C)n1. The van der Waals surface area contributed by atoms with Crippen molar-refractivity contribution in [2.75, 3.05) is 33.4 Å². The van der Waals surface area contributed by atoms with Gasteiger partial charge in [-0.3, -0.25) is 4.90 Å². The molecule has 0 bridgehead atoms. The van der Waals surface area contributed by atoms with E-state index in [-0.39, 0.29) is 6.61 Å². The van der Waals surface area contributed by atoms with E-state index in [0.29, 0.717) is 31.4 Å². The molecule has 1 heterocycles. The van der Waals surface area contributed by atoms with E-state index in [1.165, 1.54) is 0 Å². The van der Waals surface area contributed by atoms with Gasteiger partial charge >= 0.3 is 0 Å². The molecule has 1 aromatic heterocycles. The number of ether oxygens (including phenoxy) is 1. The molecule has 0 aliphatic rings. The average molecular weight is 215 g/mol. The van der Waals surface area contributed by atoms with Gasteiger partial charge in [-0.05, 0) is 0 Å². The zero-order valence-electron chi connectivity index (χ0n) is 9.14. The van der Waals surface area contributed by atoms with Crippen molar-refractivity contribution in [3.05, 3.63) is 11.7 Å². The van der Waals surface area contributed by atoms with Crippen LogP contribution < -0.4 is 0 Å². The Labute approximate surface area is 88.8 Å². The first kappa shape index (κ1) is 12.1. The van der Waals surface area contributed by atoms with Crippen LogP contribution in [0.15, 0.2) is 4.52 Å². The van der Waals surface area contributed by atoms with E-state index in [0.717, 1.165) is 6.54 Å². The van der Waals surface area contributed by atoms with Crippen LogP contribution in [0.5, 0.6) is 0 Å². The second kappa shape index (κ2) is 6.49. The quantitative estimate of drug-likeness (QED) is 0.680. The average Bonchev–Trinajstić information content (AvgIpc) is 2.61. The van der Waals surface area contributed by atoms with Crippen LogP contribution in [0.2, 0.25) is 0 Å². The van der Waals surface area contributed by atoms with E-state index in [9.17, 15) is 0 Å². The van der Waals surface area contributed by atoms with E-state index < -0.39 is 0 Å². The van der Waals surface area contributed by atoms with Crippen molar-refractivity contribution in [3.8, 4) is 0 Å². The van der Waals surface area contributed by atoms with Crippen LogP contribution in [-0.2, 0) is 11.3 Å². The third kappa shape index (κ3) is 4.37. The number of aryl methyl sites for hydroxylation is 1. The van der Waals surface area contributed by atoms with Gasteiger partial charge < -0.3 is 14.4 Å². The summed E-state index contributed by atoms with van der Waals surface area (Å²) in [7, 11) is 1.65. The molecule has 6 nitrogen and oxygen atoms in total. The Hall–Kier alpha value is -0.980. The van der Waals surface area contributed by atoms with E-state index in [4.69, 9.17) is 14.4 Å². The maximum absolute atomic E-state index is 8.87. The molecule has 0 aliphatic carbocycles. The van der Waals surface area contributed by atoms with Crippen molar-refractivity contribution in [3.63, 3.8) is 0 Å². The fourth-order valence-corrected chi connectivity index (χ4v) is 1.24. The van der Waals surface area contributed by atoms with E-state index >= 15 is 0 Å². The van der Waals surface area contributed by atoms with Gasteiger partial charge in [0.1, 0.15) is 0 Å². The maximum Gasteiger partial charge on any atom is 0.223 e. The van der Waals surface area contributed by atoms with Gasteiger partial charge in [0.05, 0.1) is 19.8 Å². The Morgan fingerprint density at radius 1 is 1.47 bits per heavy atom. The minimum Gasteiger partial charge on any atom is -0.395 e. The van der Waals surface area contributed by atoms with Crippen molar-refractivity contribution < 1.29 is 14.4 Å². The van der Waals surface area contributed by atoms with Gasteiger partial charge in [0.15, 0.2) is 5.82 Å². The number of hydrogen-bond acceptors (Lipinski definition) is 6. The molecule has 15 heavy (non-hydrogen) atoms. The topological polar surface area (TPSA) is 71.6 Å². The first-order chi connectivity index (χ1) is 7.26. The molecule has 1 rings (SSSR count). The van der Waals surface area contributed by atoms with Gasteiger partial charge in [-0.1, -0.05) is 5.16 Å². The molecule has 0 unspecified atom stereocenters. The summed E-state index contributed by atoms with van der Waals surface area (Å²) >= 11 is 0. The van der Waals surface area contributed by atoms with Crippen molar-refractivity contribution >= 4 is 0 Å². The number of aliphatic hydroxyl groups excluding tert-OH is 1. The van der Waals surface area contributed by atoms with Crippen molar-refractivity contribution in [1.82, 2.24) is 15.0 Å². The molecule has 0 aliphatic heterocycles. The molecule has 0 saturated heterocycles. The Morgan fingerprint density at radius 3 is 2.80 bits per heavy atom. The second-order valence-electron chi connectivity index (χ2n) is 3.22. The van der Waals surface area contributed by atoms with Gasteiger partial charge in [-0.2, -0.15) is 4.98 Å². The van der Waals surface area contributed by atoms with E-state index in [1.54, 1.807) is 14.0 Å². The summed E-state index contributed by atoms with van der Waals surface area (Å²) in [4.78, 5) is 6.11. The number of rotatable bonds is 7. The fraction of sp³-hybridized carbons (Fsp3) is 0.778. The minimum absolute atomic E-state index is 0.112. The smallest absolute Gasteiger partial charge is 0.223 e. The summed E-state index contributed by atoms with van der Waals surface area (Å²) in [6.07, 6.45) is 0. The van der Waals surface area contributed by atoms with E-state index in [1.807, 2.05) is 4.90 Å². The highest BCUT2D eigenvalue weighted by Gasteiger charge is 2.09. The minimum atomic E-state index is 0.112. The largest absolute Gasteiger partial charge is 0.395 e. The lowest BCUT2D eigenvalue weighted by Gasteiger charge is -2.18. The number of aliphatic hydroxyl groups is 1. The van der Waals surface area contributed by atoms with Crippen LogP contribution in [0.3, 0.4) is 0 Å². The van der Waals surface area contributed by atoms with Crippen LogP contribution in [0.1, 0.15) is 11.7 Å². The number of hydrogen-bond donors (Lipinski definition) is 1. The molecule has 0 radical (unpaired) electrons. The molecule has 1 N–H and O–H groups in total. The van der Waals surface area contributed by atoms with Gasteiger partial charge in [0.2, 0.25) is 5.89 Å². The molecule has 0 saturated carbocycles. The fourth-order valence-electron chi connectivity index (χ4n) is 1.24. The number of nitrogens with zero attached hydrogens (tertiary/aromatic N) is 3. The first-order valence-corrected chi connectivity index (χ1v) is 4.87. The predicted octanol–water partition coefficient (Wildman–Crippen LogP) is -0.181. The van der Waals surface area contributed by atoms with Crippen LogP contribution >= 0.6 is 0 Å². The van der Waals surface area contributed by atoms with Crippen LogP contribution in [0, 0.1) is 6.92 Å². The number of methoxy groups -OCH3 is 1. The van der Waals surface area contributed by atoms with Crippen LogP contribution in [0.4, 0.5) is 0 Å². The summed E-state index contributed by atoms with van der Waals surface area (Å²) in [5.74, 6) is 1.19.